The van der Waals surface area contributed by atoms with Crippen LogP contribution in [0.5, 0.6) is 0 Å². The summed E-state index contributed by atoms with van der Waals surface area (Å²) < 4.78 is 4.74. The van der Waals surface area contributed by atoms with Crippen molar-refractivity contribution in [1.82, 2.24) is 0 Å². The molecule has 0 aliphatic carbocycles. The van der Waals surface area contributed by atoms with Crippen LogP contribution in [0.15, 0.2) is 4.99 Å². The molecule has 0 bridgehead atoms. The van der Waals surface area contributed by atoms with E-state index < -0.39 is 0 Å². The van der Waals surface area contributed by atoms with Crippen LogP contribution in [0.3, 0.4) is 0 Å². The first-order valence-electron chi connectivity index (χ1n) is 2.44. The first-order valence-corrected chi connectivity index (χ1v) is 2.44. The van der Waals surface area contributed by atoms with Crippen molar-refractivity contribution in [2.75, 3.05) is 7.11 Å². The summed E-state index contributed by atoms with van der Waals surface area (Å²) in [6.45, 7) is 1.92. The van der Waals surface area contributed by atoms with Crippen LogP contribution in [0.2, 0.25) is 0 Å². The molecule has 0 aliphatic heterocycles. The topological polar surface area (TPSA) is 45.4 Å². The largest absolute Gasteiger partial charge is 0.484 e. The summed E-state index contributed by atoms with van der Waals surface area (Å²) in [5.74, 6) is 0.597. The highest BCUT2D eigenvalue weighted by Crippen LogP contribution is 1.83. The lowest BCUT2D eigenvalue weighted by atomic mass is 10.5. The van der Waals surface area contributed by atoms with Gasteiger partial charge in [0.25, 0.3) is 0 Å². The van der Waals surface area contributed by atoms with Crippen LogP contribution in [0.25, 0.3) is 0 Å². The summed E-state index contributed by atoms with van der Waals surface area (Å²) in [6, 6.07) is 0. The Bertz CT molecular complexity index is 92.6. The Labute approximate surface area is 48.9 Å². The molecule has 1 N–H and O–H groups in total. The summed E-state index contributed by atoms with van der Waals surface area (Å²) in [7, 11) is 1.55. The van der Waals surface area contributed by atoms with Gasteiger partial charge in [0.1, 0.15) is 6.34 Å². The van der Waals surface area contributed by atoms with Gasteiger partial charge in [-0.1, -0.05) is 6.92 Å². The second kappa shape index (κ2) is 4.30. The molecule has 3 heteroatoms. The fourth-order valence-electron chi connectivity index (χ4n) is 0.360. The molecule has 8 heavy (non-hydrogen) atoms. The molecule has 0 fully saturated rings. The fraction of sp³-hybridized carbons (Fsp3) is 0.600. The SMILES string of the molecule is CCC(=NC=N)OC. The minimum Gasteiger partial charge on any atom is -0.484 e. The van der Waals surface area contributed by atoms with E-state index in [0.29, 0.717) is 5.90 Å². The number of nitrogens with one attached hydrogen (secondary N) is 1. The molecule has 0 aromatic heterocycles. The zero-order valence-corrected chi connectivity index (χ0v) is 5.14. The average molecular weight is 114 g/mol. The fourth-order valence-corrected chi connectivity index (χ4v) is 0.360. The monoisotopic (exact) mass is 114 g/mol. The summed E-state index contributed by atoms with van der Waals surface area (Å²) in [5, 5.41) is 6.55. The van der Waals surface area contributed by atoms with Crippen LogP contribution in [0.4, 0.5) is 0 Å². The molecule has 0 heterocycles. The molecule has 0 atom stereocenters. The normalized spacial score (nSPS) is 11.0. The van der Waals surface area contributed by atoms with Crippen molar-refractivity contribution in [3.8, 4) is 0 Å². The first kappa shape index (κ1) is 7.14. The minimum absolute atomic E-state index is 0.597. The third-order valence-electron chi connectivity index (χ3n) is 0.747. The molecule has 0 aliphatic rings. The van der Waals surface area contributed by atoms with Crippen molar-refractivity contribution < 1.29 is 4.74 Å². The zero-order valence-electron chi connectivity index (χ0n) is 5.14. The van der Waals surface area contributed by atoms with Gasteiger partial charge in [-0.25, -0.2) is 4.99 Å². The summed E-state index contributed by atoms with van der Waals surface area (Å²) >= 11 is 0. The van der Waals surface area contributed by atoms with E-state index in [1.54, 1.807) is 7.11 Å². The molecule has 3 nitrogen and oxygen atoms in total. The number of rotatable bonds is 2. The van der Waals surface area contributed by atoms with Crippen LogP contribution >= 0.6 is 0 Å². The van der Waals surface area contributed by atoms with Crippen LogP contribution in [-0.2, 0) is 4.74 Å². The maximum absolute atomic E-state index is 6.55. The van der Waals surface area contributed by atoms with E-state index in [1.165, 1.54) is 0 Å². The molecule has 0 rings (SSSR count). The van der Waals surface area contributed by atoms with Gasteiger partial charge >= 0.3 is 0 Å². The predicted molar refractivity (Wildman–Crippen MR) is 33.5 cm³/mol. The Kier molecular flexibility index (Phi) is 3.84. The van der Waals surface area contributed by atoms with Gasteiger partial charge in [0.2, 0.25) is 0 Å². The third kappa shape index (κ3) is 2.34. The summed E-state index contributed by atoms with van der Waals surface area (Å²) in [5.41, 5.74) is 0. The smallest absolute Gasteiger partial charge is 0.188 e. The molecular weight excluding hydrogens is 104 g/mol. The molecule has 0 unspecified atom stereocenters. The third-order valence-corrected chi connectivity index (χ3v) is 0.747. The molecule has 0 spiro atoms. The van der Waals surface area contributed by atoms with Gasteiger partial charge in [-0.2, -0.15) is 0 Å². The number of hydrogen-bond acceptors (Lipinski definition) is 2. The van der Waals surface area contributed by atoms with Gasteiger partial charge in [0.05, 0.1) is 7.11 Å². The van der Waals surface area contributed by atoms with E-state index >= 15 is 0 Å². The summed E-state index contributed by atoms with van der Waals surface area (Å²) in [6.07, 6.45) is 1.72. The lowest BCUT2D eigenvalue weighted by Gasteiger charge is -1.95. The van der Waals surface area contributed by atoms with Gasteiger partial charge in [-0.05, 0) is 0 Å². The minimum atomic E-state index is 0.597. The molecule has 0 saturated carbocycles. The molecule has 0 saturated heterocycles. The molecular formula is C5H10N2O. The van der Waals surface area contributed by atoms with E-state index in [2.05, 4.69) is 4.99 Å². The van der Waals surface area contributed by atoms with Crippen LogP contribution in [0, 0.1) is 5.41 Å². The average Bonchev–Trinajstić information content (AvgIpc) is 1.83. The maximum Gasteiger partial charge on any atom is 0.188 e. The molecule has 0 amide bonds. The molecule has 0 aromatic carbocycles. The van der Waals surface area contributed by atoms with Crippen molar-refractivity contribution >= 4 is 12.2 Å². The van der Waals surface area contributed by atoms with Crippen molar-refractivity contribution in [1.29, 1.82) is 5.41 Å². The van der Waals surface area contributed by atoms with Gasteiger partial charge in [0.15, 0.2) is 5.90 Å². The molecule has 0 aromatic rings. The van der Waals surface area contributed by atoms with Crippen LogP contribution in [0.1, 0.15) is 13.3 Å². The van der Waals surface area contributed by atoms with E-state index in [0.717, 1.165) is 12.8 Å². The number of methoxy groups -OCH3 is 1. The maximum atomic E-state index is 6.55. The van der Waals surface area contributed by atoms with E-state index in [9.17, 15) is 0 Å². The number of aliphatic imine (C=N–C) groups is 1. The number of ether oxygens (including phenoxy) is 1. The second-order valence-corrected chi connectivity index (χ2v) is 1.21. The lowest BCUT2D eigenvalue weighted by molar-refractivity contribution is 0.393. The Morgan fingerprint density at radius 2 is 2.50 bits per heavy atom. The quantitative estimate of drug-likeness (QED) is 0.423. The summed E-state index contributed by atoms with van der Waals surface area (Å²) in [4.78, 5) is 3.60. The van der Waals surface area contributed by atoms with Crippen LogP contribution < -0.4 is 0 Å². The highest BCUT2D eigenvalue weighted by atomic mass is 16.5. The van der Waals surface area contributed by atoms with Crippen molar-refractivity contribution in [2.24, 2.45) is 4.99 Å². The molecule has 46 valence electrons. The van der Waals surface area contributed by atoms with Gasteiger partial charge in [-0.3, -0.25) is 5.41 Å². The Balaban J connectivity index is 3.66. The van der Waals surface area contributed by atoms with Crippen molar-refractivity contribution in [3.05, 3.63) is 0 Å². The Morgan fingerprint density at radius 3 is 2.62 bits per heavy atom. The second-order valence-electron chi connectivity index (χ2n) is 1.21. The van der Waals surface area contributed by atoms with E-state index in [-0.39, 0.29) is 0 Å². The van der Waals surface area contributed by atoms with Crippen molar-refractivity contribution in [2.45, 2.75) is 13.3 Å². The van der Waals surface area contributed by atoms with E-state index in [4.69, 9.17) is 10.1 Å². The zero-order chi connectivity index (χ0) is 6.41. The van der Waals surface area contributed by atoms with Crippen molar-refractivity contribution in [3.63, 3.8) is 0 Å². The standard InChI is InChI=1S/C5H10N2O/c1-3-5(8-2)7-4-6/h4,6H,3H2,1-2H3. The molecule has 0 radical (unpaired) electrons. The number of hydrogen-bond donors (Lipinski definition) is 1. The Hall–Kier alpha value is -0.860. The predicted octanol–water partition coefficient (Wildman–Crippen LogP) is 1.05. The highest BCUT2D eigenvalue weighted by Gasteiger charge is 1.86. The Morgan fingerprint density at radius 1 is 1.88 bits per heavy atom. The van der Waals surface area contributed by atoms with E-state index in [1.807, 2.05) is 6.92 Å². The first-order chi connectivity index (χ1) is 3.85. The van der Waals surface area contributed by atoms with Gasteiger partial charge in [-0.15, -0.1) is 0 Å². The van der Waals surface area contributed by atoms with Gasteiger partial charge in [0, 0.05) is 6.42 Å². The lowest BCUT2D eigenvalue weighted by Crippen LogP contribution is -1.97. The number of nitrogens with zero attached hydrogens (tertiary/aromatic N) is 1. The van der Waals surface area contributed by atoms with Gasteiger partial charge < -0.3 is 4.74 Å². The van der Waals surface area contributed by atoms with Crippen LogP contribution in [-0.4, -0.2) is 19.3 Å². The highest BCUT2D eigenvalue weighted by molar-refractivity contribution is 5.82.